The Hall–Kier alpha value is -2.23. The molecule has 1 heterocycles. The zero-order chi connectivity index (χ0) is 13.7. The molecular formula is C15H19N3O. The van der Waals surface area contributed by atoms with Crippen molar-refractivity contribution in [2.45, 2.75) is 6.54 Å². The van der Waals surface area contributed by atoms with Crippen molar-refractivity contribution >= 4 is 11.4 Å². The van der Waals surface area contributed by atoms with Crippen LogP contribution in [-0.2, 0) is 6.54 Å². The first-order valence-electron chi connectivity index (χ1n) is 6.20. The lowest BCUT2D eigenvalue weighted by Gasteiger charge is -2.14. The zero-order valence-corrected chi connectivity index (χ0v) is 11.6. The van der Waals surface area contributed by atoms with Gasteiger partial charge in [-0.15, -0.1) is 0 Å². The van der Waals surface area contributed by atoms with Gasteiger partial charge in [-0.05, 0) is 30.3 Å². The van der Waals surface area contributed by atoms with Crippen LogP contribution in [0.3, 0.4) is 0 Å². The second kappa shape index (κ2) is 6.09. The van der Waals surface area contributed by atoms with E-state index in [0.29, 0.717) is 12.4 Å². The van der Waals surface area contributed by atoms with E-state index in [1.54, 1.807) is 13.3 Å². The molecule has 1 aromatic heterocycles. The van der Waals surface area contributed by atoms with E-state index in [2.05, 4.69) is 39.5 Å². The summed E-state index contributed by atoms with van der Waals surface area (Å²) in [7, 11) is 5.70. The first kappa shape index (κ1) is 13.2. The Morgan fingerprint density at radius 2 is 1.89 bits per heavy atom. The zero-order valence-electron chi connectivity index (χ0n) is 11.6. The molecule has 0 spiro atoms. The number of nitrogens with zero attached hydrogens (tertiary/aromatic N) is 2. The Balaban J connectivity index is 2.02. The number of hydrogen-bond acceptors (Lipinski definition) is 4. The van der Waals surface area contributed by atoms with E-state index >= 15 is 0 Å². The lowest BCUT2D eigenvalue weighted by Crippen LogP contribution is -2.08. The van der Waals surface area contributed by atoms with Gasteiger partial charge in [0.2, 0.25) is 5.88 Å². The Morgan fingerprint density at radius 1 is 1.16 bits per heavy atom. The third-order valence-corrected chi connectivity index (χ3v) is 2.91. The number of aromatic nitrogens is 1. The summed E-state index contributed by atoms with van der Waals surface area (Å²) >= 11 is 0. The molecule has 19 heavy (non-hydrogen) atoms. The van der Waals surface area contributed by atoms with E-state index in [4.69, 9.17) is 4.74 Å². The minimum atomic E-state index is 0.667. The van der Waals surface area contributed by atoms with E-state index < -0.39 is 0 Å². The summed E-state index contributed by atoms with van der Waals surface area (Å²) in [5.74, 6) is 0.667. The van der Waals surface area contributed by atoms with E-state index in [1.165, 1.54) is 5.69 Å². The highest BCUT2D eigenvalue weighted by Crippen LogP contribution is 2.18. The highest BCUT2D eigenvalue weighted by molar-refractivity contribution is 5.54. The molecule has 2 rings (SSSR count). The summed E-state index contributed by atoms with van der Waals surface area (Å²) in [4.78, 5) is 6.26. The molecule has 0 unspecified atom stereocenters. The fourth-order valence-electron chi connectivity index (χ4n) is 1.82. The minimum absolute atomic E-state index is 0.667. The molecule has 0 bridgehead atoms. The van der Waals surface area contributed by atoms with Crippen LogP contribution in [0.4, 0.5) is 11.4 Å². The van der Waals surface area contributed by atoms with Gasteiger partial charge in [-0.25, -0.2) is 4.98 Å². The number of nitrogens with one attached hydrogen (secondary N) is 1. The van der Waals surface area contributed by atoms with Crippen LogP contribution in [0.25, 0.3) is 0 Å². The summed E-state index contributed by atoms with van der Waals surface area (Å²) in [6, 6.07) is 12.2. The van der Waals surface area contributed by atoms with Crippen LogP contribution >= 0.6 is 0 Å². The topological polar surface area (TPSA) is 37.4 Å². The van der Waals surface area contributed by atoms with Gasteiger partial charge in [-0.3, -0.25) is 0 Å². The molecule has 0 saturated heterocycles. The van der Waals surface area contributed by atoms with Crippen LogP contribution in [0.15, 0.2) is 42.6 Å². The van der Waals surface area contributed by atoms with Crippen molar-refractivity contribution in [3.8, 4) is 5.88 Å². The van der Waals surface area contributed by atoms with Crippen LogP contribution in [0.1, 0.15) is 5.56 Å². The third kappa shape index (κ3) is 3.37. The van der Waals surface area contributed by atoms with Crippen molar-refractivity contribution in [1.82, 2.24) is 4.98 Å². The first-order chi connectivity index (χ1) is 9.20. The van der Waals surface area contributed by atoms with Crippen LogP contribution in [0.5, 0.6) is 5.88 Å². The largest absolute Gasteiger partial charge is 0.481 e. The quantitative estimate of drug-likeness (QED) is 0.893. The maximum atomic E-state index is 5.23. The SMILES string of the molecule is COc1ncccc1CNc1ccc(N(C)C)cc1. The number of hydrogen-bond donors (Lipinski definition) is 1. The maximum Gasteiger partial charge on any atom is 0.218 e. The molecule has 0 aliphatic carbocycles. The van der Waals surface area contributed by atoms with Crippen LogP contribution in [0, 0.1) is 0 Å². The van der Waals surface area contributed by atoms with Crippen molar-refractivity contribution in [3.05, 3.63) is 48.2 Å². The van der Waals surface area contributed by atoms with Gasteiger partial charge in [-0.1, -0.05) is 6.07 Å². The lowest BCUT2D eigenvalue weighted by molar-refractivity contribution is 0.393. The third-order valence-electron chi connectivity index (χ3n) is 2.91. The summed E-state index contributed by atoms with van der Waals surface area (Å²) < 4.78 is 5.23. The van der Waals surface area contributed by atoms with Gasteiger partial charge in [0.15, 0.2) is 0 Å². The molecule has 4 heteroatoms. The van der Waals surface area contributed by atoms with E-state index in [1.807, 2.05) is 26.2 Å². The first-order valence-corrected chi connectivity index (χ1v) is 6.20. The summed E-state index contributed by atoms with van der Waals surface area (Å²) in [6.07, 6.45) is 1.73. The van der Waals surface area contributed by atoms with Gasteiger partial charge in [0.05, 0.1) is 7.11 Å². The molecule has 1 N–H and O–H groups in total. The molecule has 2 aromatic rings. The highest BCUT2D eigenvalue weighted by Gasteiger charge is 2.03. The standard InChI is InChI=1S/C15H19N3O/c1-18(2)14-8-6-13(7-9-14)17-11-12-5-4-10-16-15(12)19-3/h4-10,17H,11H2,1-3H3. The minimum Gasteiger partial charge on any atom is -0.481 e. The fourth-order valence-corrected chi connectivity index (χ4v) is 1.82. The molecular weight excluding hydrogens is 238 g/mol. The van der Waals surface area contributed by atoms with E-state index in [-0.39, 0.29) is 0 Å². The van der Waals surface area contributed by atoms with E-state index in [0.717, 1.165) is 11.3 Å². The molecule has 100 valence electrons. The number of methoxy groups -OCH3 is 1. The summed E-state index contributed by atoms with van der Waals surface area (Å²) in [6.45, 7) is 0.693. The monoisotopic (exact) mass is 257 g/mol. The highest BCUT2D eigenvalue weighted by atomic mass is 16.5. The number of benzene rings is 1. The Kier molecular flexibility index (Phi) is 4.23. The Labute approximate surface area is 114 Å². The average molecular weight is 257 g/mol. The second-order valence-electron chi connectivity index (χ2n) is 4.47. The molecule has 0 radical (unpaired) electrons. The Bertz CT molecular complexity index is 523. The predicted molar refractivity (Wildman–Crippen MR) is 78.9 cm³/mol. The van der Waals surface area contributed by atoms with Gasteiger partial charge in [0, 0.05) is 43.8 Å². The number of pyridine rings is 1. The van der Waals surface area contributed by atoms with Gasteiger partial charge < -0.3 is 15.0 Å². The van der Waals surface area contributed by atoms with Gasteiger partial charge in [0.1, 0.15) is 0 Å². The van der Waals surface area contributed by atoms with E-state index in [9.17, 15) is 0 Å². The van der Waals surface area contributed by atoms with Crippen LogP contribution in [0.2, 0.25) is 0 Å². The molecule has 0 aliphatic heterocycles. The smallest absolute Gasteiger partial charge is 0.218 e. The van der Waals surface area contributed by atoms with Gasteiger partial charge >= 0.3 is 0 Å². The van der Waals surface area contributed by atoms with Crippen molar-refractivity contribution in [1.29, 1.82) is 0 Å². The Morgan fingerprint density at radius 3 is 2.53 bits per heavy atom. The molecule has 0 saturated carbocycles. The second-order valence-corrected chi connectivity index (χ2v) is 4.47. The maximum absolute atomic E-state index is 5.23. The molecule has 1 aromatic carbocycles. The predicted octanol–water partition coefficient (Wildman–Crippen LogP) is 2.77. The molecule has 4 nitrogen and oxygen atoms in total. The number of rotatable bonds is 5. The summed E-state index contributed by atoms with van der Waals surface area (Å²) in [5.41, 5.74) is 3.31. The van der Waals surface area contributed by atoms with Gasteiger partial charge in [0.25, 0.3) is 0 Å². The van der Waals surface area contributed by atoms with Crippen molar-refractivity contribution in [2.24, 2.45) is 0 Å². The van der Waals surface area contributed by atoms with Gasteiger partial charge in [-0.2, -0.15) is 0 Å². The molecule has 0 fully saturated rings. The van der Waals surface area contributed by atoms with Crippen LogP contribution < -0.4 is 15.0 Å². The number of anilines is 2. The van der Waals surface area contributed by atoms with Crippen LogP contribution in [-0.4, -0.2) is 26.2 Å². The normalized spacial score (nSPS) is 10.1. The molecule has 0 atom stereocenters. The summed E-state index contributed by atoms with van der Waals surface area (Å²) in [5, 5.41) is 3.36. The fraction of sp³-hybridized carbons (Fsp3) is 0.267. The van der Waals surface area contributed by atoms with Crippen molar-refractivity contribution < 1.29 is 4.74 Å². The van der Waals surface area contributed by atoms with Crippen molar-refractivity contribution in [2.75, 3.05) is 31.4 Å². The average Bonchev–Trinajstić information content (AvgIpc) is 2.45. The lowest BCUT2D eigenvalue weighted by atomic mass is 10.2. The molecule has 0 aliphatic rings. The number of ether oxygens (including phenoxy) is 1. The molecule has 0 amide bonds. The van der Waals surface area contributed by atoms with Crippen molar-refractivity contribution in [3.63, 3.8) is 0 Å².